The number of urea groups is 1. The monoisotopic (exact) mass is 656 g/mol. The highest BCUT2D eigenvalue weighted by molar-refractivity contribution is 14.1. The SMILES string of the molecule is COc1cc(/C=C2/C(=O)NC(=O)N(c3ccc([N+](=O)[O-])cc3)C2=O)cc(I)c1OCC(=O)Nc1ccccc1C. The highest BCUT2D eigenvalue weighted by Crippen LogP contribution is 2.35. The number of imide groups is 2. The number of anilines is 2. The third-order valence-corrected chi connectivity index (χ3v) is 6.55. The van der Waals surface area contributed by atoms with Crippen LogP contribution in [0.5, 0.6) is 11.5 Å². The van der Waals surface area contributed by atoms with E-state index in [0.717, 1.165) is 17.7 Å². The van der Waals surface area contributed by atoms with E-state index in [1.54, 1.807) is 18.2 Å². The summed E-state index contributed by atoms with van der Waals surface area (Å²) in [6, 6.07) is 14.2. The molecule has 0 aromatic heterocycles. The minimum Gasteiger partial charge on any atom is -0.493 e. The van der Waals surface area contributed by atoms with Crippen molar-refractivity contribution in [3.05, 3.63) is 91.0 Å². The van der Waals surface area contributed by atoms with Crippen LogP contribution in [0.4, 0.5) is 21.9 Å². The molecule has 0 bridgehead atoms. The Balaban J connectivity index is 1.56. The first-order valence-corrected chi connectivity index (χ1v) is 12.7. The standard InChI is InChI=1S/C27H21IN4O8/c1-15-5-3-4-6-21(15)29-23(33)14-40-24-20(28)12-16(13-22(24)39-2)11-19-25(34)30-27(36)31(26(19)35)17-7-9-18(10-8-17)32(37)38/h3-13H,14H2,1-2H3,(H,29,33)(H,30,34,36)/b19-11-. The number of hydrogen-bond donors (Lipinski definition) is 2. The summed E-state index contributed by atoms with van der Waals surface area (Å²) in [5, 5.41) is 15.8. The average Bonchev–Trinajstić information content (AvgIpc) is 2.91. The van der Waals surface area contributed by atoms with Crippen molar-refractivity contribution in [1.82, 2.24) is 5.32 Å². The summed E-state index contributed by atoms with van der Waals surface area (Å²) >= 11 is 1.97. The molecule has 1 aliphatic heterocycles. The van der Waals surface area contributed by atoms with E-state index in [0.29, 0.717) is 19.7 Å². The molecule has 0 spiro atoms. The molecule has 0 radical (unpaired) electrons. The van der Waals surface area contributed by atoms with Gasteiger partial charge in [-0.05, 0) is 77.0 Å². The quantitative estimate of drug-likeness (QED) is 0.120. The fraction of sp³-hybridized carbons (Fsp3) is 0.111. The van der Waals surface area contributed by atoms with E-state index >= 15 is 0 Å². The van der Waals surface area contributed by atoms with Crippen LogP contribution >= 0.6 is 22.6 Å². The lowest BCUT2D eigenvalue weighted by Crippen LogP contribution is -2.54. The summed E-state index contributed by atoms with van der Waals surface area (Å²) in [6.07, 6.45) is 1.28. The second-order valence-electron chi connectivity index (χ2n) is 8.42. The van der Waals surface area contributed by atoms with Crippen LogP contribution in [0.25, 0.3) is 6.08 Å². The highest BCUT2D eigenvalue weighted by atomic mass is 127. The van der Waals surface area contributed by atoms with Gasteiger partial charge in [-0.3, -0.25) is 29.8 Å². The second-order valence-corrected chi connectivity index (χ2v) is 9.58. The zero-order valence-electron chi connectivity index (χ0n) is 21.1. The molecule has 204 valence electrons. The number of amides is 5. The Morgan fingerprint density at radius 1 is 1.12 bits per heavy atom. The van der Waals surface area contributed by atoms with Crippen LogP contribution in [0, 0.1) is 20.6 Å². The number of carbonyl (C=O) groups excluding carboxylic acids is 4. The number of nitro groups is 1. The molecular formula is C27H21IN4O8. The first kappa shape index (κ1) is 28.2. The van der Waals surface area contributed by atoms with Gasteiger partial charge in [-0.15, -0.1) is 0 Å². The third-order valence-electron chi connectivity index (χ3n) is 5.75. The number of para-hydroxylation sites is 1. The number of nitrogens with one attached hydrogen (secondary N) is 2. The molecule has 1 heterocycles. The van der Waals surface area contributed by atoms with Crippen LogP contribution in [0.15, 0.2) is 66.2 Å². The molecule has 3 aromatic rings. The first-order chi connectivity index (χ1) is 19.1. The van der Waals surface area contributed by atoms with Crippen molar-refractivity contribution >= 4 is 69.5 Å². The van der Waals surface area contributed by atoms with Gasteiger partial charge in [0.25, 0.3) is 23.4 Å². The summed E-state index contributed by atoms with van der Waals surface area (Å²) < 4.78 is 11.7. The van der Waals surface area contributed by atoms with Crippen molar-refractivity contribution in [2.24, 2.45) is 0 Å². The molecule has 4 rings (SSSR count). The molecule has 1 aliphatic rings. The Hall–Kier alpha value is -4.79. The Labute approximate surface area is 241 Å². The number of aryl methyl sites for hydroxylation is 1. The molecule has 5 amide bonds. The number of methoxy groups -OCH3 is 1. The van der Waals surface area contributed by atoms with Crippen LogP contribution in [-0.2, 0) is 14.4 Å². The van der Waals surface area contributed by atoms with E-state index in [4.69, 9.17) is 9.47 Å². The largest absolute Gasteiger partial charge is 0.493 e. The van der Waals surface area contributed by atoms with Gasteiger partial charge < -0.3 is 14.8 Å². The van der Waals surface area contributed by atoms with Gasteiger partial charge in [0, 0.05) is 17.8 Å². The normalized spacial score (nSPS) is 14.1. The molecule has 1 fully saturated rings. The Kier molecular flexibility index (Phi) is 8.43. The fourth-order valence-corrected chi connectivity index (χ4v) is 4.56. The smallest absolute Gasteiger partial charge is 0.335 e. The van der Waals surface area contributed by atoms with Crippen molar-refractivity contribution in [2.75, 3.05) is 23.9 Å². The number of non-ortho nitro benzene ring substituents is 1. The van der Waals surface area contributed by atoms with Gasteiger partial charge in [0.1, 0.15) is 5.57 Å². The fourth-order valence-electron chi connectivity index (χ4n) is 3.78. The number of barbiturate groups is 1. The van der Waals surface area contributed by atoms with Gasteiger partial charge in [0.2, 0.25) is 0 Å². The maximum atomic E-state index is 13.2. The van der Waals surface area contributed by atoms with Gasteiger partial charge in [-0.2, -0.15) is 0 Å². The summed E-state index contributed by atoms with van der Waals surface area (Å²) in [5.41, 5.74) is 1.42. The molecule has 40 heavy (non-hydrogen) atoms. The zero-order valence-corrected chi connectivity index (χ0v) is 23.3. The van der Waals surface area contributed by atoms with E-state index < -0.39 is 22.8 Å². The van der Waals surface area contributed by atoms with Crippen molar-refractivity contribution in [2.45, 2.75) is 6.92 Å². The predicted octanol–water partition coefficient (Wildman–Crippen LogP) is 4.20. The van der Waals surface area contributed by atoms with Crippen LogP contribution in [0.3, 0.4) is 0 Å². The molecule has 0 unspecified atom stereocenters. The number of nitrogens with zero attached hydrogens (tertiary/aromatic N) is 2. The number of halogens is 1. The molecule has 0 aliphatic carbocycles. The summed E-state index contributed by atoms with van der Waals surface area (Å²) in [7, 11) is 1.40. The Morgan fingerprint density at radius 2 is 1.82 bits per heavy atom. The maximum absolute atomic E-state index is 13.2. The van der Waals surface area contributed by atoms with E-state index in [2.05, 4.69) is 10.6 Å². The molecule has 1 saturated heterocycles. The van der Waals surface area contributed by atoms with Crippen LogP contribution in [0.2, 0.25) is 0 Å². The van der Waals surface area contributed by atoms with Crippen LogP contribution in [-0.4, -0.2) is 42.4 Å². The highest BCUT2D eigenvalue weighted by Gasteiger charge is 2.37. The van der Waals surface area contributed by atoms with E-state index in [1.165, 1.54) is 31.4 Å². The molecular weight excluding hydrogens is 635 g/mol. The van der Waals surface area contributed by atoms with Crippen molar-refractivity contribution in [3.8, 4) is 11.5 Å². The molecule has 12 nitrogen and oxygen atoms in total. The van der Waals surface area contributed by atoms with Gasteiger partial charge in [-0.1, -0.05) is 18.2 Å². The Morgan fingerprint density at radius 3 is 2.48 bits per heavy atom. The Bertz CT molecular complexity index is 1570. The van der Waals surface area contributed by atoms with Gasteiger partial charge >= 0.3 is 6.03 Å². The number of hydrogen-bond acceptors (Lipinski definition) is 8. The third kappa shape index (κ3) is 6.09. The topological polar surface area (TPSA) is 157 Å². The summed E-state index contributed by atoms with van der Waals surface area (Å²) in [5.74, 6) is -1.67. The summed E-state index contributed by atoms with van der Waals surface area (Å²) in [4.78, 5) is 61.6. The number of ether oxygens (including phenoxy) is 2. The lowest BCUT2D eigenvalue weighted by Gasteiger charge is -2.26. The number of rotatable bonds is 8. The summed E-state index contributed by atoms with van der Waals surface area (Å²) in [6.45, 7) is 1.57. The minimum atomic E-state index is -0.985. The van der Waals surface area contributed by atoms with Crippen molar-refractivity contribution in [1.29, 1.82) is 0 Å². The number of nitro benzene ring substituents is 1. The van der Waals surface area contributed by atoms with E-state index in [-0.39, 0.29) is 41.0 Å². The maximum Gasteiger partial charge on any atom is 0.335 e. The lowest BCUT2D eigenvalue weighted by molar-refractivity contribution is -0.384. The predicted molar refractivity (Wildman–Crippen MR) is 153 cm³/mol. The second kappa shape index (κ2) is 11.9. The van der Waals surface area contributed by atoms with Gasteiger partial charge in [-0.25, -0.2) is 9.69 Å². The molecule has 0 saturated carbocycles. The van der Waals surface area contributed by atoms with Gasteiger partial charge in [0.15, 0.2) is 18.1 Å². The number of benzene rings is 3. The lowest BCUT2D eigenvalue weighted by atomic mass is 10.1. The molecule has 13 heteroatoms. The molecule has 0 atom stereocenters. The molecule has 2 N–H and O–H groups in total. The van der Waals surface area contributed by atoms with Crippen molar-refractivity contribution < 1.29 is 33.6 Å². The van der Waals surface area contributed by atoms with E-state index in [1.807, 2.05) is 41.6 Å². The van der Waals surface area contributed by atoms with Crippen molar-refractivity contribution in [3.63, 3.8) is 0 Å². The first-order valence-electron chi connectivity index (χ1n) is 11.6. The van der Waals surface area contributed by atoms with Crippen LogP contribution in [0.1, 0.15) is 11.1 Å². The minimum absolute atomic E-state index is 0.0476. The van der Waals surface area contributed by atoms with E-state index in [9.17, 15) is 29.3 Å². The van der Waals surface area contributed by atoms with Crippen LogP contribution < -0.4 is 25.0 Å². The average molecular weight is 656 g/mol. The zero-order chi connectivity index (χ0) is 29.0. The molecule has 3 aromatic carbocycles. The number of carbonyl (C=O) groups is 4. The van der Waals surface area contributed by atoms with Gasteiger partial charge in [0.05, 0.1) is 21.3 Å².